The lowest BCUT2D eigenvalue weighted by Crippen LogP contribution is -2.33. The number of hydrogen-bond acceptors (Lipinski definition) is 2. The van der Waals surface area contributed by atoms with E-state index in [9.17, 15) is 0 Å². The van der Waals surface area contributed by atoms with E-state index in [1.807, 2.05) is 6.07 Å². The molecular formula is C20H24BrNO. The third kappa shape index (κ3) is 4.58. The van der Waals surface area contributed by atoms with Crippen LogP contribution < -0.4 is 4.74 Å². The van der Waals surface area contributed by atoms with Gasteiger partial charge in [-0.25, -0.2) is 0 Å². The lowest BCUT2D eigenvalue weighted by atomic mass is 9.90. The molecular weight excluding hydrogens is 350 g/mol. The second-order valence-electron chi connectivity index (χ2n) is 6.38. The predicted molar refractivity (Wildman–Crippen MR) is 98.8 cm³/mol. The fourth-order valence-electron chi connectivity index (χ4n) is 3.36. The summed E-state index contributed by atoms with van der Waals surface area (Å²) in [6.07, 6.45) is 3.82. The lowest BCUT2D eigenvalue weighted by molar-refractivity contribution is 0.177. The van der Waals surface area contributed by atoms with Gasteiger partial charge in [-0.2, -0.15) is 0 Å². The van der Waals surface area contributed by atoms with Gasteiger partial charge in [0.1, 0.15) is 5.75 Å². The second kappa shape index (κ2) is 7.98. The summed E-state index contributed by atoms with van der Waals surface area (Å²) in [5.74, 6) is 1.73. The van der Waals surface area contributed by atoms with E-state index in [0.29, 0.717) is 0 Å². The van der Waals surface area contributed by atoms with Crippen LogP contribution in [0.5, 0.6) is 5.75 Å². The number of likely N-dealkylation sites (tertiary alicyclic amines) is 1. The lowest BCUT2D eigenvalue weighted by Gasteiger charge is -2.32. The van der Waals surface area contributed by atoms with E-state index < -0.39 is 0 Å². The van der Waals surface area contributed by atoms with Gasteiger partial charge in [0.05, 0.1) is 11.6 Å². The molecule has 0 aromatic heterocycles. The largest absolute Gasteiger partial charge is 0.496 e. The molecule has 3 rings (SSSR count). The quantitative estimate of drug-likeness (QED) is 0.737. The molecule has 23 heavy (non-hydrogen) atoms. The van der Waals surface area contributed by atoms with Gasteiger partial charge in [-0.1, -0.05) is 36.4 Å². The highest BCUT2D eigenvalue weighted by molar-refractivity contribution is 9.10. The van der Waals surface area contributed by atoms with Crippen molar-refractivity contribution in [3.63, 3.8) is 0 Å². The molecule has 1 saturated heterocycles. The van der Waals surface area contributed by atoms with E-state index >= 15 is 0 Å². The zero-order chi connectivity index (χ0) is 16.1. The number of piperidine rings is 1. The fraction of sp³-hybridized carbons (Fsp3) is 0.400. The molecule has 0 amide bonds. The first-order valence-corrected chi connectivity index (χ1v) is 9.12. The van der Waals surface area contributed by atoms with Crippen LogP contribution >= 0.6 is 15.9 Å². The molecule has 1 fully saturated rings. The first-order valence-electron chi connectivity index (χ1n) is 8.33. The van der Waals surface area contributed by atoms with Crippen molar-refractivity contribution in [2.24, 2.45) is 5.92 Å². The molecule has 0 radical (unpaired) electrons. The first kappa shape index (κ1) is 16.5. The van der Waals surface area contributed by atoms with Crippen LogP contribution in [-0.4, -0.2) is 25.1 Å². The highest BCUT2D eigenvalue weighted by Crippen LogP contribution is 2.27. The summed E-state index contributed by atoms with van der Waals surface area (Å²) in [5, 5.41) is 0. The van der Waals surface area contributed by atoms with E-state index in [2.05, 4.69) is 63.3 Å². The van der Waals surface area contributed by atoms with Crippen molar-refractivity contribution in [1.29, 1.82) is 0 Å². The SMILES string of the molecule is COc1ccc(CN2CCC(Cc3ccccc3)CC2)cc1Br. The summed E-state index contributed by atoms with van der Waals surface area (Å²) < 4.78 is 6.34. The average Bonchev–Trinajstić information content (AvgIpc) is 2.58. The van der Waals surface area contributed by atoms with Crippen LogP contribution in [0.25, 0.3) is 0 Å². The van der Waals surface area contributed by atoms with Gasteiger partial charge in [0.15, 0.2) is 0 Å². The Labute approximate surface area is 147 Å². The number of ether oxygens (including phenoxy) is 1. The Balaban J connectivity index is 1.50. The van der Waals surface area contributed by atoms with Crippen LogP contribution in [0, 0.1) is 5.92 Å². The highest BCUT2D eigenvalue weighted by Gasteiger charge is 2.19. The monoisotopic (exact) mass is 373 g/mol. The van der Waals surface area contributed by atoms with E-state index in [1.165, 1.54) is 43.5 Å². The molecule has 2 aromatic carbocycles. The number of halogens is 1. The van der Waals surface area contributed by atoms with Gasteiger partial charge in [-0.15, -0.1) is 0 Å². The number of nitrogens with zero attached hydrogens (tertiary/aromatic N) is 1. The fourth-order valence-corrected chi connectivity index (χ4v) is 3.95. The normalized spacial score (nSPS) is 16.4. The molecule has 0 unspecified atom stereocenters. The van der Waals surface area contributed by atoms with Crippen LogP contribution in [0.2, 0.25) is 0 Å². The number of rotatable bonds is 5. The van der Waals surface area contributed by atoms with Crippen molar-refractivity contribution in [1.82, 2.24) is 4.90 Å². The molecule has 0 atom stereocenters. The van der Waals surface area contributed by atoms with Crippen molar-refractivity contribution in [2.45, 2.75) is 25.8 Å². The Bertz CT molecular complexity index is 621. The second-order valence-corrected chi connectivity index (χ2v) is 7.23. The maximum atomic E-state index is 5.30. The summed E-state index contributed by atoms with van der Waals surface area (Å²) >= 11 is 3.58. The molecule has 0 saturated carbocycles. The average molecular weight is 374 g/mol. The van der Waals surface area contributed by atoms with Crippen molar-refractivity contribution in [3.8, 4) is 5.75 Å². The Morgan fingerprint density at radius 3 is 2.43 bits per heavy atom. The van der Waals surface area contributed by atoms with Gasteiger partial charge < -0.3 is 4.74 Å². The van der Waals surface area contributed by atoms with E-state index in [0.717, 1.165) is 22.7 Å². The molecule has 122 valence electrons. The van der Waals surface area contributed by atoms with Crippen molar-refractivity contribution >= 4 is 15.9 Å². The minimum Gasteiger partial charge on any atom is -0.496 e. The van der Waals surface area contributed by atoms with Crippen LogP contribution in [0.1, 0.15) is 24.0 Å². The molecule has 0 bridgehead atoms. The molecule has 1 aliphatic rings. The smallest absolute Gasteiger partial charge is 0.133 e. The van der Waals surface area contributed by atoms with Crippen LogP contribution in [0.4, 0.5) is 0 Å². The minimum absolute atomic E-state index is 0.830. The van der Waals surface area contributed by atoms with Crippen LogP contribution in [0.3, 0.4) is 0 Å². The molecule has 0 N–H and O–H groups in total. The topological polar surface area (TPSA) is 12.5 Å². The van der Waals surface area contributed by atoms with E-state index in [1.54, 1.807) is 7.11 Å². The Morgan fingerprint density at radius 2 is 1.78 bits per heavy atom. The summed E-state index contributed by atoms with van der Waals surface area (Å²) in [6, 6.07) is 17.3. The van der Waals surface area contributed by atoms with Crippen molar-refractivity contribution in [3.05, 3.63) is 64.1 Å². The predicted octanol–water partition coefficient (Wildman–Crippen LogP) is 4.91. The molecule has 1 heterocycles. The minimum atomic E-state index is 0.830. The molecule has 0 aliphatic carbocycles. The van der Waals surface area contributed by atoms with E-state index in [4.69, 9.17) is 4.74 Å². The van der Waals surface area contributed by atoms with Gasteiger partial charge in [-0.3, -0.25) is 4.90 Å². The maximum Gasteiger partial charge on any atom is 0.133 e. The molecule has 2 aromatic rings. The number of methoxy groups -OCH3 is 1. The zero-order valence-corrected chi connectivity index (χ0v) is 15.3. The molecule has 0 spiro atoms. The van der Waals surface area contributed by atoms with Crippen molar-refractivity contribution in [2.75, 3.05) is 20.2 Å². The third-order valence-electron chi connectivity index (χ3n) is 4.70. The standard InChI is InChI=1S/C20H24BrNO/c1-23-20-8-7-18(14-19(20)21)15-22-11-9-17(10-12-22)13-16-5-3-2-4-6-16/h2-8,14,17H,9-13,15H2,1H3. The first-order chi connectivity index (χ1) is 11.2. The number of benzene rings is 2. The molecule has 1 aliphatic heterocycles. The Kier molecular flexibility index (Phi) is 5.74. The van der Waals surface area contributed by atoms with Gasteiger partial charge in [0, 0.05) is 6.54 Å². The Hall–Kier alpha value is -1.32. The summed E-state index contributed by atoms with van der Waals surface area (Å²) in [5.41, 5.74) is 2.82. The molecule has 2 nitrogen and oxygen atoms in total. The zero-order valence-electron chi connectivity index (χ0n) is 13.7. The van der Waals surface area contributed by atoms with E-state index in [-0.39, 0.29) is 0 Å². The van der Waals surface area contributed by atoms with Crippen molar-refractivity contribution < 1.29 is 4.74 Å². The maximum absolute atomic E-state index is 5.30. The highest BCUT2D eigenvalue weighted by atomic mass is 79.9. The van der Waals surface area contributed by atoms with Crippen LogP contribution in [-0.2, 0) is 13.0 Å². The summed E-state index contributed by atoms with van der Waals surface area (Å²) in [7, 11) is 1.71. The molecule has 3 heteroatoms. The van der Waals surface area contributed by atoms with Gasteiger partial charge in [0.25, 0.3) is 0 Å². The van der Waals surface area contributed by atoms with Gasteiger partial charge in [-0.05, 0) is 77.5 Å². The summed E-state index contributed by atoms with van der Waals surface area (Å²) in [6.45, 7) is 3.42. The van der Waals surface area contributed by atoms with Gasteiger partial charge in [0.2, 0.25) is 0 Å². The van der Waals surface area contributed by atoms with Crippen LogP contribution in [0.15, 0.2) is 53.0 Å². The Morgan fingerprint density at radius 1 is 1.04 bits per heavy atom. The van der Waals surface area contributed by atoms with Gasteiger partial charge >= 0.3 is 0 Å². The third-order valence-corrected chi connectivity index (χ3v) is 5.32. The summed E-state index contributed by atoms with van der Waals surface area (Å²) in [4.78, 5) is 2.57. The number of hydrogen-bond donors (Lipinski definition) is 0.